The number of ether oxygens (including phenoxy) is 1. The number of carbonyl (C=O) groups excluding carboxylic acids is 2. The van der Waals surface area contributed by atoms with Gasteiger partial charge in [-0.15, -0.1) is 0 Å². The average molecular weight is 373 g/mol. The Hall–Kier alpha value is -2.10. The highest BCUT2D eigenvalue weighted by molar-refractivity contribution is 5.99. The van der Waals surface area contributed by atoms with E-state index in [1.807, 2.05) is 6.92 Å². The van der Waals surface area contributed by atoms with Gasteiger partial charge in [0.1, 0.15) is 5.75 Å². The fraction of sp³-hybridized carbons (Fsp3) is 0.565. The number of aromatic hydroxyl groups is 1. The second kappa shape index (κ2) is 8.28. The second-order valence-electron chi connectivity index (χ2n) is 8.36. The molecule has 1 fully saturated rings. The Morgan fingerprint density at radius 1 is 1.26 bits per heavy atom. The zero-order valence-electron chi connectivity index (χ0n) is 17.3. The van der Waals surface area contributed by atoms with Crippen molar-refractivity contribution in [3.8, 4) is 5.75 Å². The van der Waals surface area contributed by atoms with Crippen LogP contribution in [0.4, 0.5) is 0 Å². The van der Waals surface area contributed by atoms with Gasteiger partial charge in [-0.2, -0.15) is 0 Å². The van der Waals surface area contributed by atoms with Gasteiger partial charge in [0.2, 0.25) is 0 Å². The topological polar surface area (TPSA) is 63.6 Å². The summed E-state index contributed by atoms with van der Waals surface area (Å²) in [4.78, 5) is 24.6. The predicted octanol–water partition coefficient (Wildman–Crippen LogP) is 5.16. The van der Waals surface area contributed by atoms with E-state index in [4.69, 9.17) is 4.74 Å². The molecular weight excluding hydrogens is 340 g/mol. The quantitative estimate of drug-likeness (QED) is 0.389. The zero-order chi connectivity index (χ0) is 20.4. The number of ketones is 1. The lowest BCUT2D eigenvalue weighted by Crippen LogP contribution is -2.27. The fourth-order valence-corrected chi connectivity index (χ4v) is 4.00. The van der Waals surface area contributed by atoms with Crippen molar-refractivity contribution in [2.45, 2.75) is 53.9 Å². The largest absolute Gasteiger partial charge is 0.508 e. The van der Waals surface area contributed by atoms with Gasteiger partial charge in [-0.1, -0.05) is 33.3 Å². The smallest absolute Gasteiger partial charge is 0.333 e. The van der Waals surface area contributed by atoms with Gasteiger partial charge in [-0.05, 0) is 67.7 Å². The van der Waals surface area contributed by atoms with Crippen LogP contribution in [0.3, 0.4) is 0 Å². The number of benzene rings is 1. The molecule has 0 amide bonds. The van der Waals surface area contributed by atoms with E-state index >= 15 is 0 Å². The number of phenolic OH excluding ortho intramolecular Hbond substituents is 1. The SMILES string of the molecule is CCC(CC(C)C(C)(C)C1CC1C(=O)c1ccc(O)cc1)=C(C)C(=O)OC. The highest BCUT2D eigenvalue weighted by Crippen LogP contribution is 2.56. The van der Waals surface area contributed by atoms with E-state index in [1.54, 1.807) is 24.3 Å². The van der Waals surface area contributed by atoms with Crippen molar-refractivity contribution in [2.75, 3.05) is 7.11 Å². The summed E-state index contributed by atoms with van der Waals surface area (Å²) in [5.41, 5.74) is 2.49. The minimum atomic E-state index is -0.260. The van der Waals surface area contributed by atoms with Crippen LogP contribution in [-0.4, -0.2) is 24.0 Å². The third kappa shape index (κ3) is 4.60. The molecule has 0 bridgehead atoms. The predicted molar refractivity (Wildman–Crippen MR) is 107 cm³/mol. The molecule has 4 heteroatoms. The summed E-state index contributed by atoms with van der Waals surface area (Å²) >= 11 is 0. The molecule has 0 spiro atoms. The molecule has 0 heterocycles. The van der Waals surface area contributed by atoms with Crippen LogP contribution in [0.5, 0.6) is 5.75 Å². The number of carbonyl (C=O) groups is 2. The van der Waals surface area contributed by atoms with E-state index in [2.05, 4.69) is 27.7 Å². The molecule has 27 heavy (non-hydrogen) atoms. The molecule has 0 aromatic heterocycles. The molecule has 1 saturated carbocycles. The Morgan fingerprint density at radius 2 is 1.85 bits per heavy atom. The summed E-state index contributed by atoms with van der Waals surface area (Å²) in [5.74, 6) is 0.802. The molecule has 1 aromatic carbocycles. The Labute approximate surface area is 162 Å². The van der Waals surface area contributed by atoms with E-state index in [-0.39, 0.29) is 28.8 Å². The van der Waals surface area contributed by atoms with Crippen molar-refractivity contribution in [2.24, 2.45) is 23.2 Å². The van der Waals surface area contributed by atoms with Gasteiger partial charge in [0, 0.05) is 17.1 Å². The average Bonchev–Trinajstić information content (AvgIpc) is 3.46. The molecule has 2 rings (SSSR count). The van der Waals surface area contributed by atoms with Crippen LogP contribution < -0.4 is 0 Å². The molecule has 3 atom stereocenters. The summed E-state index contributed by atoms with van der Waals surface area (Å²) in [6.45, 7) is 10.6. The van der Waals surface area contributed by atoms with Gasteiger partial charge in [0.15, 0.2) is 5.78 Å². The number of hydrogen-bond donors (Lipinski definition) is 1. The van der Waals surface area contributed by atoms with Gasteiger partial charge < -0.3 is 9.84 Å². The molecule has 0 saturated heterocycles. The van der Waals surface area contributed by atoms with Crippen LogP contribution in [0.1, 0.15) is 64.2 Å². The van der Waals surface area contributed by atoms with Gasteiger partial charge in [-0.3, -0.25) is 4.79 Å². The maximum Gasteiger partial charge on any atom is 0.333 e. The third-order valence-corrected chi connectivity index (χ3v) is 6.51. The molecule has 1 N–H and O–H groups in total. The lowest BCUT2D eigenvalue weighted by Gasteiger charge is -2.33. The van der Waals surface area contributed by atoms with Crippen molar-refractivity contribution in [3.05, 3.63) is 41.0 Å². The Balaban J connectivity index is 2.08. The minimum absolute atomic E-state index is 0.00589. The van der Waals surface area contributed by atoms with E-state index in [0.29, 0.717) is 23.0 Å². The normalized spacial score (nSPS) is 21.3. The van der Waals surface area contributed by atoms with Crippen LogP contribution in [0, 0.1) is 23.2 Å². The molecule has 1 aliphatic carbocycles. The molecule has 0 aliphatic heterocycles. The monoisotopic (exact) mass is 372 g/mol. The summed E-state index contributed by atoms with van der Waals surface area (Å²) in [7, 11) is 1.41. The molecule has 3 unspecified atom stereocenters. The molecule has 0 radical (unpaired) electrons. The standard InChI is InChI=1S/C23H32O4/c1-7-16(15(3)22(26)27-6)12-14(2)23(4,5)20-13-19(20)21(25)17-8-10-18(24)11-9-17/h8-11,14,19-20,24H,7,12-13H2,1-6H3. The number of hydrogen-bond acceptors (Lipinski definition) is 4. The van der Waals surface area contributed by atoms with Crippen molar-refractivity contribution in [1.82, 2.24) is 0 Å². The van der Waals surface area contributed by atoms with Crippen molar-refractivity contribution < 1.29 is 19.4 Å². The third-order valence-electron chi connectivity index (χ3n) is 6.51. The lowest BCUT2D eigenvalue weighted by molar-refractivity contribution is -0.136. The number of rotatable bonds is 8. The van der Waals surface area contributed by atoms with Gasteiger partial charge in [-0.25, -0.2) is 4.79 Å². The summed E-state index contributed by atoms with van der Waals surface area (Å²) in [6, 6.07) is 6.51. The van der Waals surface area contributed by atoms with Crippen LogP contribution >= 0.6 is 0 Å². The fourth-order valence-electron chi connectivity index (χ4n) is 4.00. The maximum atomic E-state index is 12.8. The molecular formula is C23H32O4. The van der Waals surface area contributed by atoms with Crippen LogP contribution in [0.15, 0.2) is 35.4 Å². The van der Waals surface area contributed by atoms with Crippen LogP contribution in [-0.2, 0) is 9.53 Å². The van der Waals surface area contributed by atoms with Crippen molar-refractivity contribution in [3.63, 3.8) is 0 Å². The minimum Gasteiger partial charge on any atom is -0.508 e. The zero-order valence-corrected chi connectivity index (χ0v) is 17.3. The highest BCUT2D eigenvalue weighted by atomic mass is 16.5. The van der Waals surface area contributed by atoms with E-state index in [1.165, 1.54) is 7.11 Å². The van der Waals surface area contributed by atoms with Crippen molar-refractivity contribution >= 4 is 11.8 Å². The maximum absolute atomic E-state index is 12.8. The van der Waals surface area contributed by atoms with E-state index in [9.17, 15) is 14.7 Å². The van der Waals surface area contributed by atoms with Crippen LogP contribution in [0.2, 0.25) is 0 Å². The number of esters is 1. The second-order valence-corrected chi connectivity index (χ2v) is 8.36. The summed E-state index contributed by atoms with van der Waals surface area (Å²) in [5, 5.41) is 9.41. The number of phenols is 1. The Kier molecular flexibility index (Phi) is 6.50. The van der Waals surface area contributed by atoms with E-state index < -0.39 is 0 Å². The lowest BCUT2D eigenvalue weighted by atomic mass is 9.71. The summed E-state index contributed by atoms with van der Waals surface area (Å²) in [6.07, 6.45) is 2.56. The van der Waals surface area contributed by atoms with Gasteiger partial charge in [0.05, 0.1) is 7.11 Å². The first kappa shape index (κ1) is 21.2. The highest BCUT2D eigenvalue weighted by Gasteiger charge is 2.53. The molecule has 1 aromatic rings. The molecule has 148 valence electrons. The van der Waals surface area contributed by atoms with E-state index in [0.717, 1.165) is 24.8 Å². The first-order valence-electron chi connectivity index (χ1n) is 9.73. The number of Topliss-reactive ketones (excluding diaryl/α,β-unsaturated/α-hetero) is 1. The first-order chi connectivity index (χ1) is 12.6. The Bertz CT molecular complexity index is 727. The summed E-state index contributed by atoms with van der Waals surface area (Å²) < 4.78 is 4.87. The molecule has 1 aliphatic rings. The van der Waals surface area contributed by atoms with Crippen LogP contribution in [0.25, 0.3) is 0 Å². The first-order valence-corrected chi connectivity index (χ1v) is 9.73. The van der Waals surface area contributed by atoms with Crippen molar-refractivity contribution in [1.29, 1.82) is 0 Å². The number of allylic oxidation sites excluding steroid dienone is 1. The Morgan fingerprint density at radius 3 is 2.37 bits per heavy atom. The van der Waals surface area contributed by atoms with Gasteiger partial charge >= 0.3 is 5.97 Å². The number of methoxy groups -OCH3 is 1. The molecule has 4 nitrogen and oxygen atoms in total. The van der Waals surface area contributed by atoms with Gasteiger partial charge in [0.25, 0.3) is 0 Å².